The summed E-state index contributed by atoms with van der Waals surface area (Å²) in [6, 6.07) is 14.3. The van der Waals surface area contributed by atoms with Crippen LogP contribution < -0.4 is 10.6 Å². The molecule has 2 aromatic heterocycles. The fourth-order valence-electron chi connectivity index (χ4n) is 3.01. The average Bonchev–Trinajstić information content (AvgIpc) is 3.28. The van der Waals surface area contributed by atoms with Crippen LogP contribution in [-0.2, 0) is 6.42 Å². The standard InChI is InChI=1S/C19H20N4OS/c1-13-4-6-14(7-5-13)16-11-17-19(24)21-12-18(23(17)22-16)20-9-8-15-3-2-10-25-15/h2-7,10-11,18,20H,8-9,12H2,1H3,(H,21,24)/t18-/m1/s1. The molecular formula is C19H20N4OS. The van der Waals surface area contributed by atoms with Gasteiger partial charge in [0.1, 0.15) is 11.9 Å². The molecule has 0 radical (unpaired) electrons. The van der Waals surface area contributed by atoms with Crippen LogP contribution in [0.15, 0.2) is 47.8 Å². The third kappa shape index (κ3) is 3.36. The molecule has 3 heterocycles. The van der Waals surface area contributed by atoms with Gasteiger partial charge in [0.05, 0.1) is 12.2 Å². The molecule has 1 aromatic carbocycles. The van der Waals surface area contributed by atoms with Crippen LogP contribution >= 0.6 is 11.3 Å². The van der Waals surface area contributed by atoms with Crippen molar-refractivity contribution in [2.75, 3.05) is 13.1 Å². The van der Waals surface area contributed by atoms with Crippen LogP contribution in [0.4, 0.5) is 0 Å². The van der Waals surface area contributed by atoms with E-state index in [1.165, 1.54) is 10.4 Å². The van der Waals surface area contributed by atoms with E-state index in [-0.39, 0.29) is 12.1 Å². The molecule has 0 saturated heterocycles. The molecule has 1 aliphatic heterocycles. The fraction of sp³-hybridized carbons (Fsp3) is 0.263. The molecule has 4 rings (SSSR count). The monoisotopic (exact) mass is 352 g/mol. The Hall–Kier alpha value is -2.44. The van der Waals surface area contributed by atoms with Crippen LogP contribution in [-0.4, -0.2) is 28.8 Å². The first-order valence-electron chi connectivity index (χ1n) is 8.41. The molecule has 0 spiro atoms. The highest BCUT2D eigenvalue weighted by molar-refractivity contribution is 7.09. The maximum absolute atomic E-state index is 12.2. The van der Waals surface area contributed by atoms with Crippen molar-refractivity contribution in [2.24, 2.45) is 0 Å². The van der Waals surface area contributed by atoms with E-state index in [9.17, 15) is 4.79 Å². The average molecular weight is 352 g/mol. The first kappa shape index (κ1) is 16.1. The zero-order valence-electron chi connectivity index (χ0n) is 14.0. The third-order valence-corrected chi connectivity index (χ3v) is 5.33. The van der Waals surface area contributed by atoms with Gasteiger partial charge in [0.15, 0.2) is 0 Å². The number of aromatic nitrogens is 2. The normalized spacial score (nSPS) is 16.5. The molecule has 1 aliphatic rings. The van der Waals surface area contributed by atoms with E-state index in [1.807, 2.05) is 22.9 Å². The molecule has 1 atom stereocenters. The number of fused-ring (bicyclic) bond motifs is 1. The zero-order chi connectivity index (χ0) is 17.2. The molecule has 3 aromatic rings. The van der Waals surface area contributed by atoms with Crippen LogP contribution in [0.3, 0.4) is 0 Å². The number of nitrogens with zero attached hydrogens (tertiary/aromatic N) is 2. The van der Waals surface area contributed by atoms with Gasteiger partial charge in [-0.1, -0.05) is 35.9 Å². The van der Waals surface area contributed by atoms with Gasteiger partial charge >= 0.3 is 0 Å². The molecule has 25 heavy (non-hydrogen) atoms. The topological polar surface area (TPSA) is 59.0 Å². The van der Waals surface area contributed by atoms with Crippen molar-refractivity contribution in [3.8, 4) is 11.3 Å². The lowest BCUT2D eigenvalue weighted by molar-refractivity contribution is 0.0901. The molecule has 6 heteroatoms. The van der Waals surface area contributed by atoms with E-state index >= 15 is 0 Å². The number of carbonyl (C=O) groups excluding carboxylic acids is 1. The van der Waals surface area contributed by atoms with Gasteiger partial charge in [-0.25, -0.2) is 4.68 Å². The Kier molecular flexibility index (Phi) is 4.38. The lowest BCUT2D eigenvalue weighted by Gasteiger charge is -2.25. The highest BCUT2D eigenvalue weighted by Gasteiger charge is 2.27. The highest BCUT2D eigenvalue weighted by atomic mass is 32.1. The van der Waals surface area contributed by atoms with E-state index in [2.05, 4.69) is 47.2 Å². The van der Waals surface area contributed by atoms with E-state index in [0.29, 0.717) is 12.2 Å². The number of rotatable bonds is 5. The van der Waals surface area contributed by atoms with E-state index in [0.717, 1.165) is 24.2 Å². The highest BCUT2D eigenvalue weighted by Crippen LogP contribution is 2.23. The fourth-order valence-corrected chi connectivity index (χ4v) is 3.72. The number of aryl methyl sites for hydroxylation is 1. The van der Waals surface area contributed by atoms with Gasteiger partial charge in [-0.3, -0.25) is 10.1 Å². The lowest BCUT2D eigenvalue weighted by Crippen LogP contribution is -2.45. The molecule has 0 aliphatic carbocycles. The van der Waals surface area contributed by atoms with Crippen LogP contribution in [0.5, 0.6) is 0 Å². The first-order valence-corrected chi connectivity index (χ1v) is 9.29. The van der Waals surface area contributed by atoms with Crippen molar-refractivity contribution in [2.45, 2.75) is 19.5 Å². The number of nitrogens with one attached hydrogen (secondary N) is 2. The molecular weight excluding hydrogens is 332 g/mol. The van der Waals surface area contributed by atoms with Crippen molar-refractivity contribution < 1.29 is 4.79 Å². The largest absolute Gasteiger partial charge is 0.347 e. The second kappa shape index (κ2) is 6.82. The number of thiophene rings is 1. The molecule has 128 valence electrons. The minimum atomic E-state index is -0.0674. The van der Waals surface area contributed by atoms with Gasteiger partial charge in [-0.05, 0) is 30.9 Å². The Balaban J connectivity index is 1.53. The van der Waals surface area contributed by atoms with Crippen LogP contribution in [0.2, 0.25) is 0 Å². The summed E-state index contributed by atoms with van der Waals surface area (Å²) in [6.07, 6.45) is 0.954. The lowest BCUT2D eigenvalue weighted by atomic mass is 10.1. The van der Waals surface area contributed by atoms with Crippen molar-refractivity contribution in [3.05, 3.63) is 64.0 Å². The summed E-state index contributed by atoms with van der Waals surface area (Å²) < 4.78 is 1.82. The summed E-state index contributed by atoms with van der Waals surface area (Å²) in [5.74, 6) is -0.0674. The Morgan fingerprint density at radius 3 is 2.92 bits per heavy atom. The van der Waals surface area contributed by atoms with E-state index in [1.54, 1.807) is 11.3 Å². The van der Waals surface area contributed by atoms with Gasteiger partial charge in [0, 0.05) is 17.0 Å². The van der Waals surface area contributed by atoms with Crippen LogP contribution in [0.1, 0.15) is 27.1 Å². The van der Waals surface area contributed by atoms with Crippen LogP contribution in [0.25, 0.3) is 11.3 Å². The van der Waals surface area contributed by atoms with Crippen molar-refractivity contribution >= 4 is 17.2 Å². The zero-order valence-corrected chi connectivity index (χ0v) is 14.8. The predicted molar refractivity (Wildman–Crippen MR) is 99.8 cm³/mol. The van der Waals surface area contributed by atoms with Gasteiger partial charge in [0.25, 0.3) is 5.91 Å². The summed E-state index contributed by atoms with van der Waals surface area (Å²) in [5.41, 5.74) is 3.67. The molecule has 5 nitrogen and oxygen atoms in total. The van der Waals surface area contributed by atoms with Gasteiger partial charge in [-0.2, -0.15) is 5.10 Å². The Bertz CT molecular complexity index is 867. The van der Waals surface area contributed by atoms with E-state index in [4.69, 9.17) is 5.10 Å². The maximum Gasteiger partial charge on any atom is 0.269 e. The van der Waals surface area contributed by atoms with Gasteiger partial charge in [-0.15, -0.1) is 11.3 Å². The summed E-state index contributed by atoms with van der Waals surface area (Å²) >= 11 is 1.77. The Labute approximate surface area is 150 Å². The van der Waals surface area contributed by atoms with Crippen molar-refractivity contribution in [1.29, 1.82) is 0 Å². The number of hydrogen-bond donors (Lipinski definition) is 2. The summed E-state index contributed by atoms with van der Waals surface area (Å²) in [5, 5.41) is 13.2. The minimum Gasteiger partial charge on any atom is -0.347 e. The van der Waals surface area contributed by atoms with E-state index < -0.39 is 0 Å². The van der Waals surface area contributed by atoms with Crippen molar-refractivity contribution in [1.82, 2.24) is 20.4 Å². The van der Waals surface area contributed by atoms with Gasteiger partial charge < -0.3 is 5.32 Å². The summed E-state index contributed by atoms with van der Waals surface area (Å²) in [6.45, 7) is 3.45. The maximum atomic E-state index is 12.2. The smallest absolute Gasteiger partial charge is 0.269 e. The third-order valence-electron chi connectivity index (χ3n) is 4.40. The van der Waals surface area contributed by atoms with Crippen molar-refractivity contribution in [3.63, 3.8) is 0 Å². The second-order valence-electron chi connectivity index (χ2n) is 6.23. The summed E-state index contributed by atoms with van der Waals surface area (Å²) in [7, 11) is 0. The number of hydrogen-bond acceptors (Lipinski definition) is 4. The molecule has 2 N–H and O–H groups in total. The SMILES string of the molecule is Cc1ccc(-c2cc3n(n2)[C@@H](NCCc2cccs2)CNC3=O)cc1. The second-order valence-corrected chi connectivity index (χ2v) is 7.27. The predicted octanol–water partition coefficient (Wildman–Crippen LogP) is 2.99. The number of amides is 1. The molecule has 0 fully saturated rings. The molecule has 0 bridgehead atoms. The quantitative estimate of drug-likeness (QED) is 0.742. The first-order chi connectivity index (χ1) is 12.2. The summed E-state index contributed by atoms with van der Waals surface area (Å²) in [4.78, 5) is 13.5. The Morgan fingerprint density at radius 1 is 1.32 bits per heavy atom. The molecule has 0 unspecified atom stereocenters. The minimum absolute atomic E-state index is 0.0214. The number of benzene rings is 1. The Morgan fingerprint density at radius 2 is 2.16 bits per heavy atom. The molecule has 0 saturated carbocycles. The van der Waals surface area contributed by atoms with Gasteiger partial charge in [0.2, 0.25) is 0 Å². The number of carbonyl (C=O) groups is 1. The van der Waals surface area contributed by atoms with Crippen LogP contribution in [0, 0.1) is 6.92 Å². The molecule has 1 amide bonds.